The van der Waals surface area contributed by atoms with Crippen LogP contribution in [0.1, 0.15) is 125 Å². The number of esters is 1. The van der Waals surface area contributed by atoms with Crippen molar-refractivity contribution in [2.75, 3.05) is 6.61 Å². The normalized spacial score (nSPS) is 11.9. The largest absolute Gasteiger partial charge is 0.423 e. The molecule has 40 heavy (non-hydrogen) atoms. The molecule has 3 aromatic carbocycles. The fourth-order valence-electron chi connectivity index (χ4n) is 4.98. The molecular weight excluding hydrogens is 492 g/mol. The lowest BCUT2D eigenvalue weighted by Gasteiger charge is -2.14. The molecule has 3 heteroatoms. The van der Waals surface area contributed by atoms with Gasteiger partial charge in [-0.3, -0.25) is 0 Å². The monoisotopic (exact) mass is 542 g/mol. The van der Waals surface area contributed by atoms with Gasteiger partial charge in [0, 0.05) is 6.61 Å². The molecule has 0 aromatic heterocycles. The lowest BCUT2D eigenvalue weighted by molar-refractivity contribution is 0.0627. The zero-order chi connectivity index (χ0) is 28.4. The van der Waals surface area contributed by atoms with Crippen LogP contribution in [-0.2, 0) is 11.2 Å². The average molecular weight is 543 g/mol. The average Bonchev–Trinajstić information content (AvgIpc) is 2.99. The van der Waals surface area contributed by atoms with Crippen molar-refractivity contribution < 1.29 is 14.3 Å². The molecular formula is C37H50O3. The maximum Gasteiger partial charge on any atom is 0.343 e. The second kappa shape index (κ2) is 18.4. The Bertz CT molecular complexity index is 1080. The van der Waals surface area contributed by atoms with Gasteiger partial charge in [0.15, 0.2) is 0 Å². The third kappa shape index (κ3) is 11.3. The minimum Gasteiger partial charge on any atom is -0.423 e. The molecule has 0 aliphatic heterocycles. The van der Waals surface area contributed by atoms with E-state index < -0.39 is 0 Å². The summed E-state index contributed by atoms with van der Waals surface area (Å²) in [6.45, 7) is 7.44. The number of rotatable bonds is 19. The first-order valence-electron chi connectivity index (χ1n) is 15.7. The lowest BCUT2D eigenvalue weighted by atomic mass is 10.0. The van der Waals surface area contributed by atoms with Crippen molar-refractivity contribution in [1.82, 2.24) is 0 Å². The summed E-state index contributed by atoms with van der Waals surface area (Å²) in [5.41, 5.74) is 5.27. The van der Waals surface area contributed by atoms with Crippen LogP contribution >= 0.6 is 0 Å². The summed E-state index contributed by atoms with van der Waals surface area (Å²) in [4.78, 5) is 12.6. The predicted octanol–water partition coefficient (Wildman–Crippen LogP) is 10.9. The third-order valence-electron chi connectivity index (χ3n) is 7.65. The minimum absolute atomic E-state index is 0.0931. The van der Waals surface area contributed by atoms with Gasteiger partial charge >= 0.3 is 5.97 Å². The highest BCUT2D eigenvalue weighted by molar-refractivity contribution is 5.91. The third-order valence-corrected chi connectivity index (χ3v) is 7.65. The van der Waals surface area contributed by atoms with Crippen LogP contribution in [0.25, 0.3) is 11.1 Å². The van der Waals surface area contributed by atoms with Gasteiger partial charge in [0.05, 0.1) is 11.7 Å². The lowest BCUT2D eigenvalue weighted by Crippen LogP contribution is -2.08. The summed E-state index contributed by atoms with van der Waals surface area (Å²) in [7, 11) is 0. The van der Waals surface area contributed by atoms with E-state index in [-0.39, 0.29) is 12.1 Å². The van der Waals surface area contributed by atoms with Crippen molar-refractivity contribution in [3.8, 4) is 16.9 Å². The van der Waals surface area contributed by atoms with Crippen molar-refractivity contribution in [3.63, 3.8) is 0 Å². The van der Waals surface area contributed by atoms with Gasteiger partial charge in [-0.05, 0) is 72.7 Å². The first-order valence-corrected chi connectivity index (χ1v) is 15.7. The van der Waals surface area contributed by atoms with E-state index in [1.165, 1.54) is 81.8 Å². The molecule has 216 valence electrons. The summed E-state index contributed by atoms with van der Waals surface area (Å²) in [5.74, 6) is 0.229. The fourth-order valence-corrected chi connectivity index (χ4v) is 4.98. The smallest absolute Gasteiger partial charge is 0.343 e. The second-order valence-electron chi connectivity index (χ2n) is 11.0. The Morgan fingerprint density at radius 2 is 1.15 bits per heavy atom. The number of carbonyl (C=O) groups is 1. The van der Waals surface area contributed by atoms with Crippen molar-refractivity contribution in [2.24, 2.45) is 0 Å². The maximum atomic E-state index is 12.6. The Morgan fingerprint density at radius 1 is 0.625 bits per heavy atom. The molecule has 0 bridgehead atoms. The number of carbonyl (C=O) groups excluding carboxylic acids is 1. The van der Waals surface area contributed by atoms with E-state index in [0.29, 0.717) is 11.3 Å². The summed E-state index contributed by atoms with van der Waals surface area (Å²) in [6, 6.07) is 24.1. The van der Waals surface area contributed by atoms with Crippen molar-refractivity contribution in [1.29, 1.82) is 0 Å². The Morgan fingerprint density at radius 3 is 1.75 bits per heavy atom. The molecule has 3 nitrogen and oxygen atoms in total. The summed E-state index contributed by atoms with van der Waals surface area (Å²) in [6.07, 6.45) is 16.6. The summed E-state index contributed by atoms with van der Waals surface area (Å²) < 4.78 is 11.7. The van der Waals surface area contributed by atoms with Gasteiger partial charge in [0.2, 0.25) is 0 Å². The SMILES string of the molecule is CCCCCCCCCCOC(C)c1ccc(-c2ccc(OC(=O)c3ccc(CCCCCC)cc3)cc2)cc1. The highest BCUT2D eigenvalue weighted by atomic mass is 16.5. The number of hydrogen-bond acceptors (Lipinski definition) is 3. The van der Waals surface area contributed by atoms with Crippen LogP contribution in [-0.4, -0.2) is 12.6 Å². The Labute approximate surface area is 243 Å². The molecule has 0 saturated carbocycles. The number of aryl methyl sites for hydroxylation is 1. The Balaban J connectivity index is 1.41. The number of hydrogen-bond donors (Lipinski definition) is 0. The number of unbranched alkanes of at least 4 members (excludes halogenated alkanes) is 10. The molecule has 0 saturated heterocycles. The Hall–Kier alpha value is -2.91. The number of benzene rings is 3. The zero-order valence-electron chi connectivity index (χ0n) is 25.1. The van der Waals surface area contributed by atoms with Crippen LogP contribution in [0, 0.1) is 0 Å². The van der Waals surface area contributed by atoms with E-state index >= 15 is 0 Å². The van der Waals surface area contributed by atoms with Crippen molar-refractivity contribution in [3.05, 3.63) is 89.5 Å². The fraction of sp³-hybridized carbons (Fsp3) is 0.486. The maximum absolute atomic E-state index is 12.6. The van der Waals surface area contributed by atoms with E-state index in [4.69, 9.17) is 9.47 Å². The summed E-state index contributed by atoms with van der Waals surface area (Å²) >= 11 is 0. The molecule has 0 spiro atoms. The van der Waals surface area contributed by atoms with E-state index in [1.807, 2.05) is 48.5 Å². The van der Waals surface area contributed by atoms with Crippen LogP contribution in [0.4, 0.5) is 0 Å². The second-order valence-corrected chi connectivity index (χ2v) is 11.0. The van der Waals surface area contributed by atoms with E-state index in [1.54, 1.807) is 0 Å². The molecule has 0 fully saturated rings. The Kier molecular flexibility index (Phi) is 14.6. The highest BCUT2D eigenvalue weighted by Gasteiger charge is 2.10. The van der Waals surface area contributed by atoms with Crippen LogP contribution in [0.5, 0.6) is 5.75 Å². The molecule has 0 heterocycles. The van der Waals surface area contributed by atoms with E-state index in [9.17, 15) is 4.79 Å². The van der Waals surface area contributed by atoms with Crippen molar-refractivity contribution >= 4 is 5.97 Å². The predicted molar refractivity (Wildman–Crippen MR) is 168 cm³/mol. The van der Waals surface area contributed by atoms with Gasteiger partial charge < -0.3 is 9.47 Å². The van der Waals surface area contributed by atoms with Gasteiger partial charge in [0.1, 0.15) is 5.75 Å². The van der Waals surface area contributed by atoms with Gasteiger partial charge in [-0.15, -0.1) is 0 Å². The molecule has 1 atom stereocenters. The van der Waals surface area contributed by atoms with Crippen LogP contribution in [0.3, 0.4) is 0 Å². The number of ether oxygens (including phenoxy) is 2. The molecule has 3 aromatic rings. The van der Waals surface area contributed by atoms with E-state index in [0.717, 1.165) is 30.6 Å². The van der Waals surface area contributed by atoms with Gasteiger partial charge in [0.25, 0.3) is 0 Å². The topological polar surface area (TPSA) is 35.5 Å². The quantitative estimate of drug-likeness (QED) is 0.0858. The summed E-state index contributed by atoms with van der Waals surface area (Å²) in [5, 5.41) is 0. The van der Waals surface area contributed by atoms with Gasteiger partial charge in [-0.25, -0.2) is 4.79 Å². The van der Waals surface area contributed by atoms with Crippen LogP contribution < -0.4 is 4.74 Å². The highest BCUT2D eigenvalue weighted by Crippen LogP contribution is 2.26. The van der Waals surface area contributed by atoms with Crippen molar-refractivity contribution in [2.45, 2.75) is 110 Å². The molecule has 0 amide bonds. The molecule has 0 aliphatic carbocycles. The molecule has 0 radical (unpaired) electrons. The molecule has 0 N–H and O–H groups in total. The first-order chi connectivity index (χ1) is 19.6. The van der Waals surface area contributed by atoms with Crippen LogP contribution in [0.15, 0.2) is 72.8 Å². The molecule has 1 unspecified atom stereocenters. The minimum atomic E-state index is -0.324. The molecule has 3 rings (SSSR count). The zero-order valence-corrected chi connectivity index (χ0v) is 25.1. The van der Waals surface area contributed by atoms with E-state index in [2.05, 4.69) is 45.0 Å². The standard InChI is InChI=1S/C37H50O3/c1-4-6-8-10-11-12-13-15-29-39-30(3)32-21-23-33(24-22-32)34-25-27-36(28-26-34)40-37(38)35-19-17-31(18-20-35)16-14-9-7-5-2/h17-28,30H,4-16,29H2,1-3H3. The first kappa shape index (κ1) is 31.6. The van der Waals surface area contributed by atoms with Gasteiger partial charge in [-0.1, -0.05) is 127 Å². The van der Waals surface area contributed by atoms with Gasteiger partial charge in [-0.2, -0.15) is 0 Å². The van der Waals surface area contributed by atoms with Crippen LogP contribution in [0.2, 0.25) is 0 Å². The molecule has 0 aliphatic rings.